The van der Waals surface area contributed by atoms with Gasteiger partial charge in [-0.15, -0.1) is 0 Å². The van der Waals surface area contributed by atoms with Crippen molar-refractivity contribution in [3.05, 3.63) is 70.0 Å². The van der Waals surface area contributed by atoms with E-state index in [2.05, 4.69) is 20.2 Å². The van der Waals surface area contributed by atoms with E-state index in [1.807, 2.05) is 18.2 Å². The van der Waals surface area contributed by atoms with Gasteiger partial charge in [-0.1, -0.05) is 36.9 Å². The summed E-state index contributed by atoms with van der Waals surface area (Å²) in [5, 5.41) is 14.1. The number of pyridine rings is 1. The minimum Gasteiger partial charge on any atom is -0.484 e. The Morgan fingerprint density at radius 3 is 2.95 bits per heavy atom. The number of halogens is 1. The van der Waals surface area contributed by atoms with Crippen LogP contribution in [-0.4, -0.2) is 58.7 Å². The van der Waals surface area contributed by atoms with Gasteiger partial charge in [-0.2, -0.15) is 0 Å². The van der Waals surface area contributed by atoms with Crippen molar-refractivity contribution in [1.82, 2.24) is 20.2 Å². The van der Waals surface area contributed by atoms with Gasteiger partial charge in [-0.05, 0) is 42.0 Å². The predicted octanol–water partition coefficient (Wildman–Crippen LogP) is 3.80. The third-order valence-electron chi connectivity index (χ3n) is 7.25. The molecular formula is C28H33ClN4O5. The molecule has 5 rings (SSSR count). The summed E-state index contributed by atoms with van der Waals surface area (Å²) in [5.41, 5.74) is 3.54. The lowest BCUT2D eigenvalue weighted by molar-refractivity contribution is 0.0841. The molecule has 0 saturated heterocycles. The lowest BCUT2D eigenvalue weighted by atomic mass is 9.82. The van der Waals surface area contributed by atoms with Crippen molar-refractivity contribution in [2.24, 2.45) is 5.92 Å². The first-order valence-corrected chi connectivity index (χ1v) is 13.4. The largest absolute Gasteiger partial charge is 0.484 e. The molecule has 0 spiro atoms. The highest BCUT2D eigenvalue weighted by Crippen LogP contribution is 2.34. The van der Waals surface area contributed by atoms with Crippen LogP contribution in [0.2, 0.25) is 5.02 Å². The number of aliphatic hydroxyl groups excluding tert-OH is 1. The number of nitrogens with zero attached hydrogens (tertiary/aromatic N) is 3. The van der Waals surface area contributed by atoms with Gasteiger partial charge >= 0.3 is 0 Å². The van der Waals surface area contributed by atoms with Crippen molar-refractivity contribution < 1.29 is 23.8 Å². The van der Waals surface area contributed by atoms with E-state index in [0.29, 0.717) is 47.0 Å². The standard InChI is InChI=1S/C28H33ClN4O5/c1-36-26-11-20(10-21(32-26)9-18-3-2-4-18)28(35)31-12-22(34)15-33-8-7-24-19(14-33)5-6-25(27(24)29)37-16-23-13-30-17-38-23/h5-6,10-11,13,17-18,22,34H,2-4,7-9,12,14-16H2,1H3,(H,31,35)/t22-/m0/s1. The zero-order valence-corrected chi connectivity index (χ0v) is 22.2. The number of oxazole rings is 1. The van der Waals surface area contributed by atoms with E-state index < -0.39 is 6.10 Å². The molecule has 202 valence electrons. The molecule has 1 aliphatic heterocycles. The molecule has 3 aromatic rings. The maximum absolute atomic E-state index is 12.8. The maximum atomic E-state index is 12.8. The van der Waals surface area contributed by atoms with Crippen molar-refractivity contribution in [2.75, 3.05) is 26.7 Å². The summed E-state index contributed by atoms with van der Waals surface area (Å²) < 4.78 is 16.3. The van der Waals surface area contributed by atoms with Crippen LogP contribution in [0.25, 0.3) is 0 Å². The smallest absolute Gasteiger partial charge is 0.251 e. The summed E-state index contributed by atoms with van der Waals surface area (Å²) in [7, 11) is 1.55. The first-order chi connectivity index (χ1) is 18.5. The van der Waals surface area contributed by atoms with E-state index in [0.717, 1.165) is 36.2 Å². The lowest BCUT2D eigenvalue weighted by Gasteiger charge is -2.31. The first kappa shape index (κ1) is 26.5. The summed E-state index contributed by atoms with van der Waals surface area (Å²) in [6, 6.07) is 7.34. The van der Waals surface area contributed by atoms with Gasteiger partial charge in [0.2, 0.25) is 5.88 Å². The number of rotatable bonds is 11. The van der Waals surface area contributed by atoms with Gasteiger partial charge < -0.3 is 24.3 Å². The van der Waals surface area contributed by atoms with E-state index in [4.69, 9.17) is 25.5 Å². The van der Waals surface area contributed by atoms with Gasteiger partial charge in [0, 0.05) is 43.5 Å². The van der Waals surface area contributed by atoms with E-state index >= 15 is 0 Å². The number of aliphatic hydroxyl groups is 1. The molecule has 1 aliphatic carbocycles. The second kappa shape index (κ2) is 12.1. The molecule has 1 atom stereocenters. The summed E-state index contributed by atoms with van der Waals surface area (Å²) >= 11 is 6.64. The van der Waals surface area contributed by atoms with Crippen molar-refractivity contribution in [3.63, 3.8) is 0 Å². The average molecular weight is 541 g/mol. The molecule has 0 unspecified atom stereocenters. The van der Waals surface area contributed by atoms with Crippen LogP contribution in [0.3, 0.4) is 0 Å². The molecule has 1 aromatic carbocycles. The molecule has 0 radical (unpaired) electrons. The summed E-state index contributed by atoms with van der Waals surface area (Å²) in [6.45, 7) is 2.26. The molecule has 1 saturated carbocycles. The molecule has 1 amide bonds. The number of ether oxygens (including phenoxy) is 2. The van der Waals surface area contributed by atoms with Crippen LogP contribution in [0.5, 0.6) is 11.6 Å². The number of β-amino-alcohol motifs (C(OH)–C–C–N with tert-alkyl or cyclic N) is 1. The fourth-order valence-corrected chi connectivity index (χ4v) is 5.28. The number of benzene rings is 1. The van der Waals surface area contributed by atoms with Crippen LogP contribution in [0, 0.1) is 5.92 Å². The van der Waals surface area contributed by atoms with Crippen LogP contribution in [0.1, 0.15) is 52.2 Å². The Hall–Kier alpha value is -3.14. The van der Waals surface area contributed by atoms with Crippen LogP contribution in [0.4, 0.5) is 0 Å². The highest BCUT2D eigenvalue weighted by molar-refractivity contribution is 6.33. The number of carbonyl (C=O) groups excluding carboxylic acids is 1. The average Bonchev–Trinajstić information content (AvgIpc) is 3.42. The molecule has 2 aliphatic rings. The lowest BCUT2D eigenvalue weighted by Crippen LogP contribution is -2.42. The third-order valence-corrected chi connectivity index (χ3v) is 7.66. The summed E-state index contributed by atoms with van der Waals surface area (Å²) in [5.74, 6) is 2.07. The number of hydrogen-bond donors (Lipinski definition) is 2. The number of nitrogens with one attached hydrogen (secondary N) is 1. The predicted molar refractivity (Wildman–Crippen MR) is 141 cm³/mol. The van der Waals surface area contributed by atoms with Crippen LogP contribution >= 0.6 is 11.6 Å². The molecule has 2 aromatic heterocycles. The monoisotopic (exact) mass is 540 g/mol. The Labute approximate surface area is 227 Å². The van der Waals surface area contributed by atoms with Crippen molar-refractivity contribution in [2.45, 2.75) is 51.4 Å². The number of hydrogen-bond acceptors (Lipinski definition) is 8. The first-order valence-electron chi connectivity index (χ1n) is 13.0. The zero-order valence-electron chi connectivity index (χ0n) is 21.5. The highest BCUT2D eigenvalue weighted by Gasteiger charge is 2.24. The minimum atomic E-state index is -0.710. The van der Waals surface area contributed by atoms with Crippen molar-refractivity contribution in [1.29, 1.82) is 0 Å². The summed E-state index contributed by atoms with van der Waals surface area (Å²) in [6.07, 6.45) is 7.54. The molecule has 10 heteroatoms. The highest BCUT2D eigenvalue weighted by atomic mass is 35.5. The minimum absolute atomic E-state index is 0.153. The normalized spacial score (nSPS) is 16.4. The fraction of sp³-hybridized carbons (Fsp3) is 0.464. The molecule has 9 nitrogen and oxygen atoms in total. The molecule has 38 heavy (non-hydrogen) atoms. The SMILES string of the molecule is COc1cc(C(=O)NC[C@H](O)CN2CCc3c(ccc(OCc4cnco4)c3Cl)C2)cc(CC2CCC2)n1. The van der Waals surface area contributed by atoms with Gasteiger partial charge in [0.1, 0.15) is 12.4 Å². The second-order valence-electron chi connectivity index (χ2n) is 10.0. The van der Waals surface area contributed by atoms with Gasteiger partial charge in [-0.25, -0.2) is 9.97 Å². The fourth-order valence-electron chi connectivity index (χ4n) is 4.95. The van der Waals surface area contributed by atoms with Gasteiger partial charge in [-0.3, -0.25) is 9.69 Å². The van der Waals surface area contributed by atoms with Crippen LogP contribution in [-0.2, 0) is 26.0 Å². The number of methoxy groups -OCH3 is 1. The molecule has 0 bridgehead atoms. The number of aromatic nitrogens is 2. The molecule has 2 N–H and O–H groups in total. The van der Waals surface area contributed by atoms with Crippen LogP contribution < -0.4 is 14.8 Å². The maximum Gasteiger partial charge on any atom is 0.251 e. The van der Waals surface area contributed by atoms with Gasteiger partial charge in [0.15, 0.2) is 12.2 Å². The number of fused-ring (bicyclic) bond motifs is 1. The Kier molecular flexibility index (Phi) is 8.46. The number of carbonyl (C=O) groups is 1. The van der Waals surface area contributed by atoms with Crippen molar-refractivity contribution in [3.8, 4) is 11.6 Å². The quantitative estimate of drug-likeness (QED) is 0.378. The van der Waals surface area contributed by atoms with Crippen molar-refractivity contribution >= 4 is 17.5 Å². The Balaban J connectivity index is 1.12. The third kappa shape index (κ3) is 6.46. The van der Waals surface area contributed by atoms with E-state index in [1.165, 1.54) is 25.7 Å². The zero-order chi connectivity index (χ0) is 26.5. The Bertz CT molecular complexity index is 1250. The van der Waals surface area contributed by atoms with E-state index in [1.54, 1.807) is 19.4 Å². The van der Waals surface area contributed by atoms with E-state index in [9.17, 15) is 9.90 Å². The van der Waals surface area contributed by atoms with E-state index in [-0.39, 0.29) is 19.1 Å². The van der Waals surface area contributed by atoms with Crippen LogP contribution in [0.15, 0.2) is 41.3 Å². The van der Waals surface area contributed by atoms with Gasteiger partial charge in [0.25, 0.3) is 5.91 Å². The summed E-state index contributed by atoms with van der Waals surface area (Å²) in [4.78, 5) is 23.4. The second-order valence-corrected chi connectivity index (χ2v) is 10.4. The Morgan fingerprint density at radius 2 is 2.21 bits per heavy atom. The molecule has 3 heterocycles. The Morgan fingerprint density at radius 1 is 1.34 bits per heavy atom. The van der Waals surface area contributed by atoms with Gasteiger partial charge in [0.05, 0.1) is 24.4 Å². The molecular weight excluding hydrogens is 508 g/mol. The molecule has 1 fully saturated rings. The topological polar surface area (TPSA) is 110 Å². The number of amides is 1.